The van der Waals surface area contributed by atoms with Gasteiger partial charge in [-0.1, -0.05) is 19.1 Å². The van der Waals surface area contributed by atoms with Crippen LogP contribution in [0.25, 0.3) is 5.69 Å². The SMILES string of the molecule is CCc1nn(-c2ccccc2C#N)c2c1CCCCN2. The molecule has 1 N–H and O–H groups in total. The second-order valence-corrected chi connectivity index (χ2v) is 5.05. The van der Waals surface area contributed by atoms with Crippen molar-refractivity contribution in [2.75, 3.05) is 11.9 Å². The summed E-state index contributed by atoms with van der Waals surface area (Å²) in [5.41, 5.74) is 3.98. The van der Waals surface area contributed by atoms with Gasteiger partial charge in [0.2, 0.25) is 0 Å². The van der Waals surface area contributed by atoms with Gasteiger partial charge in [-0.2, -0.15) is 10.4 Å². The average Bonchev–Trinajstić information content (AvgIpc) is 2.68. The Balaban J connectivity index is 2.19. The number of hydrogen-bond donors (Lipinski definition) is 1. The number of rotatable bonds is 2. The van der Waals surface area contributed by atoms with Crippen molar-refractivity contribution in [1.29, 1.82) is 5.26 Å². The lowest BCUT2D eigenvalue weighted by molar-refractivity contribution is 0.765. The van der Waals surface area contributed by atoms with E-state index in [0.717, 1.165) is 36.6 Å². The van der Waals surface area contributed by atoms with Gasteiger partial charge in [0.25, 0.3) is 0 Å². The van der Waals surface area contributed by atoms with Crippen LogP contribution in [0.4, 0.5) is 5.82 Å². The van der Waals surface area contributed by atoms with Crippen molar-refractivity contribution < 1.29 is 0 Å². The number of anilines is 1. The normalized spacial score (nSPS) is 14.0. The molecule has 0 atom stereocenters. The molecule has 1 aliphatic heterocycles. The molecule has 1 aromatic carbocycles. The number of nitriles is 1. The first-order valence-corrected chi connectivity index (χ1v) is 7.19. The molecule has 0 unspecified atom stereocenters. The minimum atomic E-state index is 0.659. The summed E-state index contributed by atoms with van der Waals surface area (Å²) in [4.78, 5) is 0. The van der Waals surface area contributed by atoms with Crippen LogP contribution < -0.4 is 5.32 Å². The summed E-state index contributed by atoms with van der Waals surface area (Å²) >= 11 is 0. The van der Waals surface area contributed by atoms with Crippen LogP contribution in [0.2, 0.25) is 0 Å². The van der Waals surface area contributed by atoms with E-state index in [4.69, 9.17) is 5.10 Å². The lowest BCUT2D eigenvalue weighted by Gasteiger charge is -2.10. The van der Waals surface area contributed by atoms with Gasteiger partial charge in [-0.3, -0.25) is 0 Å². The molecule has 3 rings (SSSR count). The highest BCUT2D eigenvalue weighted by atomic mass is 15.3. The number of aryl methyl sites for hydroxylation is 1. The van der Waals surface area contributed by atoms with E-state index >= 15 is 0 Å². The quantitative estimate of drug-likeness (QED) is 0.909. The predicted octanol–water partition coefficient (Wildman–Crippen LogP) is 3.05. The molecule has 0 fully saturated rings. The molecule has 0 spiro atoms. The van der Waals surface area contributed by atoms with Crippen molar-refractivity contribution in [3.63, 3.8) is 0 Å². The van der Waals surface area contributed by atoms with Gasteiger partial charge in [0, 0.05) is 12.1 Å². The van der Waals surface area contributed by atoms with Gasteiger partial charge in [0.05, 0.1) is 16.9 Å². The molecule has 20 heavy (non-hydrogen) atoms. The molecule has 0 saturated heterocycles. The lowest BCUT2D eigenvalue weighted by atomic mass is 10.1. The van der Waals surface area contributed by atoms with Crippen LogP contribution in [0.15, 0.2) is 24.3 Å². The average molecular weight is 266 g/mol. The van der Waals surface area contributed by atoms with E-state index in [-0.39, 0.29) is 0 Å². The molecule has 4 nitrogen and oxygen atoms in total. The lowest BCUT2D eigenvalue weighted by Crippen LogP contribution is -2.08. The predicted molar refractivity (Wildman–Crippen MR) is 79.1 cm³/mol. The minimum Gasteiger partial charge on any atom is -0.370 e. The fourth-order valence-electron chi connectivity index (χ4n) is 2.78. The number of fused-ring (bicyclic) bond motifs is 1. The molecule has 0 saturated carbocycles. The molecule has 1 aromatic heterocycles. The van der Waals surface area contributed by atoms with Gasteiger partial charge >= 0.3 is 0 Å². The number of aromatic nitrogens is 2. The molecule has 0 radical (unpaired) electrons. The fourth-order valence-corrected chi connectivity index (χ4v) is 2.78. The Morgan fingerprint density at radius 1 is 1.35 bits per heavy atom. The van der Waals surface area contributed by atoms with E-state index in [9.17, 15) is 5.26 Å². The third kappa shape index (κ3) is 2.05. The van der Waals surface area contributed by atoms with E-state index < -0.39 is 0 Å². The third-order valence-electron chi connectivity index (χ3n) is 3.80. The summed E-state index contributed by atoms with van der Waals surface area (Å²) in [6.07, 6.45) is 4.36. The maximum atomic E-state index is 9.29. The number of para-hydroxylation sites is 1. The number of benzene rings is 1. The summed E-state index contributed by atoms with van der Waals surface area (Å²) in [6, 6.07) is 9.89. The van der Waals surface area contributed by atoms with Gasteiger partial charge in [0.1, 0.15) is 11.9 Å². The molecule has 0 amide bonds. The Hall–Kier alpha value is -2.28. The molecule has 4 heteroatoms. The number of nitrogens with one attached hydrogen (secondary N) is 1. The number of nitrogens with zero attached hydrogens (tertiary/aromatic N) is 3. The standard InChI is InChI=1S/C16H18N4/c1-2-14-13-8-5-6-10-18-16(13)20(19-14)15-9-4-3-7-12(15)11-17/h3-4,7,9,18H,2,5-6,8,10H2,1H3. The summed E-state index contributed by atoms with van der Waals surface area (Å²) in [6.45, 7) is 3.10. The smallest absolute Gasteiger partial charge is 0.133 e. The molecular weight excluding hydrogens is 248 g/mol. The monoisotopic (exact) mass is 266 g/mol. The zero-order valence-corrected chi connectivity index (χ0v) is 11.7. The van der Waals surface area contributed by atoms with Gasteiger partial charge in [-0.05, 0) is 37.8 Å². The van der Waals surface area contributed by atoms with Gasteiger partial charge in [-0.25, -0.2) is 4.68 Å². The van der Waals surface area contributed by atoms with Crippen LogP contribution in [-0.4, -0.2) is 16.3 Å². The fraction of sp³-hybridized carbons (Fsp3) is 0.375. The Kier molecular flexibility index (Phi) is 3.42. The second-order valence-electron chi connectivity index (χ2n) is 5.05. The van der Waals surface area contributed by atoms with Crippen LogP contribution in [0.5, 0.6) is 0 Å². The van der Waals surface area contributed by atoms with E-state index in [1.165, 1.54) is 18.4 Å². The topological polar surface area (TPSA) is 53.6 Å². The van der Waals surface area contributed by atoms with Crippen LogP contribution in [0.1, 0.15) is 36.6 Å². The summed E-state index contributed by atoms with van der Waals surface area (Å²) in [5, 5.41) is 17.5. The Bertz CT molecular complexity index is 664. The highest BCUT2D eigenvalue weighted by Gasteiger charge is 2.20. The summed E-state index contributed by atoms with van der Waals surface area (Å²) < 4.78 is 1.91. The van der Waals surface area contributed by atoms with Crippen LogP contribution in [-0.2, 0) is 12.8 Å². The summed E-state index contributed by atoms with van der Waals surface area (Å²) in [5.74, 6) is 1.07. The molecule has 2 heterocycles. The van der Waals surface area contributed by atoms with Crippen LogP contribution in [0.3, 0.4) is 0 Å². The van der Waals surface area contributed by atoms with E-state index in [1.807, 2.05) is 28.9 Å². The maximum Gasteiger partial charge on any atom is 0.133 e. The zero-order valence-electron chi connectivity index (χ0n) is 11.7. The zero-order chi connectivity index (χ0) is 13.9. The van der Waals surface area contributed by atoms with Crippen molar-refractivity contribution in [3.05, 3.63) is 41.1 Å². The van der Waals surface area contributed by atoms with Crippen LogP contribution >= 0.6 is 0 Å². The molecule has 0 aliphatic carbocycles. The molecule has 1 aliphatic rings. The maximum absolute atomic E-state index is 9.29. The van der Waals surface area contributed by atoms with Gasteiger partial charge in [0.15, 0.2) is 0 Å². The van der Waals surface area contributed by atoms with Crippen molar-refractivity contribution in [1.82, 2.24) is 9.78 Å². The molecule has 102 valence electrons. The van der Waals surface area contributed by atoms with Crippen molar-refractivity contribution in [2.24, 2.45) is 0 Å². The highest BCUT2D eigenvalue weighted by molar-refractivity contribution is 5.58. The number of hydrogen-bond acceptors (Lipinski definition) is 3. The Morgan fingerprint density at radius 3 is 3.00 bits per heavy atom. The van der Waals surface area contributed by atoms with E-state index in [1.54, 1.807) is 0 Å². The van der Waals surface area contributed by atoms with Crippen molar-refractivity contribution in [3.8, 4) is 11.8 Å². The Labute approximate surface area is 119 Å². The largest absolute Gasteiger partial charge is 0.370 e. The Morgan fingerprint density at radius 2 is 2.20 bits per heavy atom. The second kappa shape index (κ2) is 5.38. The van der Waals surface area contributed by atoms with E-state index in [0.29, 0.717) is 5.56 Å². The van der Waals surface area contributed by atoms with Crippen molar-refractivity contribution >= 4 is 5.82 Å². The first-order chi connectivity index (χ1) is 9.85. The molecular formula is C16H18N4. The molecule has 2 aromatic rings. The van der Waals surface area contributed by atoms with Gasteiger partial charge < -0.3 is 5.32 Å². The first kappa shape index (κ1) is 12.7. The van der Waals surface area contributed by atoms with Crippen molar-refractivity contribution in [2.45, 2.75) is 32.6 Å². The minimum absolute atomic E-state index is 0.659. The highest BCUT2D eigenvalue weighted by Crippen LogP contribution is 2.29. The third-order valence-corrected chi connectivity index (χ3v) is 3.80. The van der Waals surface area contributed by atoms with Gasteiger partial charge in [-0.15, -0.1) is 0 Å². The first-order valence-electron chi connectivity index (χ1n) is 7.19. The summed E-state index contributed by atoms with van der Waals surface area (Å²) in [7, 11) is 0. The molecule has 0 bridgehead atoms. The van der Waals surface area contributed by atoms with E-state index in [2.05, 4.69) is 18.3 Å². The van der Waals surface area contributed by atoms with Crippen LogP contribution in [0, 0.1) is 11.3 Å².